The first-order chi connectivity index (χ1) is 12.1. The van der Waals surface area contributed by atoms with Crippen LogP contribution in [0, 0.1) is 12.7 Å². The molecule has 3 rings (SSSR count). The highest BCUT2D eigenvalue weighted by molar-refractivity contribution is 6.05. The van der Waals surface area contributed by atoms with E-state index in [1.165, 1.54) is 19.2 Å². The summed E-state index contributed by atoms with van der Waals surface area (Å²) < 4.78 is 19.6. The molecule has 0 spiro atoms. The first-order valence-corrected chi connectivity index (χ1v) is 7.89. The topological polar surface area (TPSA) is 38.3 Å². The molecular formula is C21H18FNO2. The zero-order chi connectivity index (χ0) is 17.8. The van der Waals surface area contributed by atoms with Crippen LogP contribution in [-0.4, -0.2) is 13.0 Å². The van der Waals surface area contributed by atoms with E-state index in [0.717, 1.165) is 16.7 Å². The largest absolute Gasteiger partial charge is 0.495 e. The van der Waals surface area contributed by atoms with E-state index in [1.807, 2.05) is 31.2 Å². The van der Waals surface area contributed by atoms with Crippen LogP contribution in [0.1, 0.15) is 15.9 Å². The number of para-hydroxylation sites is 2. The summed E-state index contributed by atoms with van der Waals surface area (Å²) in [5, 5.41) is 2.68. The molecule has 0 fully saturated rings. The van der Waals surface area contributed by atoms with Crippen molar-refractivity contribution in [1.82, 2.24) is 0 Å². The Hall–Kier alpha value is -3.14. The van der Waals surface area contributed by atoms with Crippen LogP contribution in [-0.2, 0) is 0 Å². The second-order valence-electron chi connectivity index (χ2n) is 5.72. The Labute approximate surface area is 146 Å². The molecule has 3 nitrogen and oxygen atoms in total. The monoisotopic (exact) mass is 335 g/mol. The maximum Gasteiger partial charge on any atom is 0.258 e. The summed E-state index contributed by atoms with van der Waals surface area (Å²) >= 11 is 0. The molecule has 1 amide bonds. The first-order valence-electron chi connectivity index (χ1n) is 7.89. The Morgan fingerprint density at radius 2 is 1.64 bits per heavy atom. The van der Waals surface area contributed by atoms with E-state index < -0.39 is 11.7 Å². The lowest BCUT2D eigenvalue weighted by Gasteiger charge is -2.11. The van der Waals surface area contributed by atoms with E-state index in [9.17, 15) is 9.18 Å². The van der Waals surface area contributed by atoms with Crippen LogP contribution in [0.3, 0.4) is 0 Å². The molecule has 0 aliphatic carbocycles. The van der Waals surface area contributed by atoms with E-state index in [1.54, 1.807) is 30.3 Å². The molecule has 4 heteroatoms. The molecule has 0 atom stereocenters. The van der Waals surface area contributed by atoms with Crippen LogP contribution in [0.5, 0.6) is 5.75 Å². The highest BCUT2D eigenvalue weighted by Crippen LogP contribution is 2.26. The second-order valence-corrected chi connectivity index (χ2v) is 5.72. The molecule has 126 valence electrons. The fraction of sp³-hybridized carbons (Fsp3) is 0.0952. The first kappa shape index (κ1) is 16.7. The van der Waals surface area contributed by atoms with Gasteiger partial charge in [0.2, 0.25) is 0 Å². The molecule has 0 unspecified atom stereocenters. The number of aryl methyl sites for hydroxylation is 1. The number of carbonyl (C=O) groups is 1. The van der Waals surface area contributed by atoms with E-state index >= 15 is 0 Å². The molecule has 0 radical (unpaired) electrons. The fourth-order valence-electron chi connectivity index (χ4n) is 2.56. The number of carbonyl (C=O) groups excluding carboxylic acids is 1. The average molecular weight is 335 g/mol. The molecule has 1 N–H and O–H groups in total. The number of nitrogens with one attached hydrogen (secondary N) is 1. The SMILES string of the molecule is COc1ccccc1NC(=O)c1ccc(-c2ccc(C)cc2)cc1F. The smallest absolute Gasteiger partial charge is 0.258 e. The summed E-state index contributed by atoms with van der Waals surface area (Å²) in [6, 6.07) is 19.4. The van der Waals surface area contributed by atoms with Gasteiger partial charge in [-0.05, 0) is 42.3 Å². The van der Waals surface area contributed by atoms with Crippen molar-refractivity contribution in [1.29, 1.82) is 0 Å². The van der Waals surface area contributed by atoms with Gasteiger partial charge >= 0.3 is 0 Å². The standard InChI is InChI=1S/C21H18FNO2/c1-14-7-9-15(10-8-14)16-11-12-17(18(22)13-16)21(24)23-19-5-3-4-6-20(19)25-2/h3-13H,1-2H3,(H,23,24). The lowest BCUT2D eigenvalue weighted by Crippen LogP contribution is -2.14. The van der Waals surface area contributed by atoms with Crippen molar-refractivity contribution in [3.05, 3.63) is 83.7 Å². The van der Waals surface area contributed by atoms with Crippen LogP contribution < -0.4 is 10.1 Å². The molecule has 3 aromatic rings. The van der Waals surface area contributed by atoms with Gasteiger partial charge in [-0.3, -0.25) is 4.79 Å². The maximum atomic E-state index is 14.5. The van der Waals surface area contributed by atoms with Crippen molar-refractivity contribution in [3.8, 4) is 16.9 Å². The molecule has 0 saturated carbocycles. The van der Waals surface area contributed by atoms with Gasteiger partial charge in [0.05, 0.1) is 18.4 Å². The zero-order valence-electron chi connectivity index (χ0n) is 14.0. The molecule has 0 aliphatic heterocycles. The summed E-state index contributed by atoms with van der Waals surface area (Å²) in [7, 11) is 1.52. The molecule has 0 aliphatic rings. The van der Waals surface area contributed by atoms with Gasteiger partial charge in [-0.2, -0.15) is 0 Å². The van der Waals surface area contributed by atoms with E-state index in [0.29, 0.717) is 11.4 Å². The number of benzene rings is 3. The number of halogens is 1. The van der Waals surface area contributed by atoms with Crippen molar-refractivity contribution in [2.45, 2.75) is 6.92 Å². The van der Waals surface area contributed by atoms with Gasteiger partial charge in [0.25, 0.3) is 5.91 Å². The van der Waals surface area contributed by atoms with Gasteiger partial charge in [-0.15, -0.1) is 0 Å². The van der Waals surface area contributed by atoms with Crippen LogP contribution in [0.4, 0.5) is 10.1 Å². The third kappa shape index (κ3) is 3.69. The van der Waals surface area contributed by atoms with Crippen molar-refractivity contribution in [3.63, 3.8) is 0 Å². The van der Waals surface area contributed by atoms with Gasteiger partial charge in [-0.25, -0.2) is 4.39 Å². The van der Waals surface area contributed by atoms with Gasteiger partial charge in [0.15, 0.2) is 0 Å². The fourth-order valence-corrected chi connectivity index (χ4v) is 2.56. The molecule has 0 aromatic heterocycles. The summed E-state index contributed by atoms with van der Waals surface area (Å²) in [6.07, 6.45) is 0. The minimum absolute atomic E-state index is 0.0123. The summed E-state index contributed by atoms with van der Waals surface area (Å²) in [6.45, 7) is 2.00. The minimum atomic E-state index is -0.564. The van der Waals surface area contributed by atoms with Gasteiger partial charge in [0, 0.05) is 0 Å². The van der Waals surface area contributed by atoms with Gasteiger partial charge in [-0.1, -0.05) is 48.0 Å². The lowest BCUT2D eigenvalue weighted by molar-refractivity contribution is 0.102. The van der Waals surface area contributed by atoms with Crippen molar-refractivity contribution < 1.29 is 13.9 Å². The van der Waals surface area contributed by atoms with Crippen LogP contribution in [0.2, 0.25) is 0 Å². The lowest BCUT2D eigenvalue weighted by atomic mass is 10.0. The number of methoxy groups -OCH3 is 1. The molecular weight excluding hydrogens is 317 g/mol. The van der Waals surface area contributed by atoms with Gasteiger partial charge in [0.1, 0.15) is 11.6 Å². The third-order valence-electron chi connectivity index (χ3n) is 3.95. The number of hydrogen-bond acceptors (Lipinski definition) is 2. The molecule has 3 aromatic carbocycles. The van der Waals surface area contributed by atoms with Crippen LogP contribution in [0.25, 0.3) is 11.1 Å². The van der Waals surface area contributed by atoms with Crippen LogP contribution >= 0.6 is 0 Å². The van der Waals surface area contributed by atoms with Gasteiger partial charge < -0.3 is 10.1 Å². The quantitative estimate of drug-likeness (QED) is 0.723. The predicted octanol–water partition coefficient (Wildman–Crippen LogP) is 5.06. The van der Waals surface area contributed by atoms with Crippen molar-refractivity contribution >= 4 is 11.6 Å². The third-order valence-corrected chi connectivity index (χ3v) is 3.95. The van der Waals surface area contributed by atoms with Crippen LogP contribution in [0.15, 0.2) is 66.7 Å². The highest BCUT2D eigenvalue weighted by atomic mass is 19.1. The van der Waals surface area contributed by atoms with E-state index in [4.69, 9.17) is 4.74 Å². The average Bonchev–Trinajstić information content (AvgIpc) is 2.62. The number of hydrogen-bond donors (Lipinski definition) is 1. The molecule has 0 bridgehead atoms. The maximum absolute atomic E-state index is 14.5. The summed E-state index contributed by atoms with van der Waals surface area (Å²) in [4.78, 5) is 12.4. The van der Waals surface area contributed by atoms with Crippen molar-refractivity contribution in [2.24, 2.45) is 0 Å². The Kier molecular flexibility index (Phi) is 4.80. The van der Waals surface area contributed by atoms with E-state index in [-0.39, 0.29) is 5.56 Å². The highest BCUT2D eigenvalue weighted by Gasteiger charge is 2.14. The number of anilines is 1. The zero-order valence-corrected chi connectivity index (χ0v) is 14.0. The molecule has 25 heavy (non-hydrogen) atoms. The van der Waals surface area contributed by atoms with Crippen molar-refractivity contribution in [2.75, 3.05) is 12.4 Å². The normalized spacial score (nSPS) is 10.4. The molecule has 0 heterocycles. The number of rotatable bonds is 4. The number of ether oxygens (including phenoxy) is 1. The summed E-state index contributed by atoms with van der Waals surface area (Å²) in [5.74, 6) is -0.560. The summed E-state index contributed by atoms with van der Waals surface area (Å²) in [5.41, 5.74) is 3.25. The predicted molar refractivity (Wildman–Crippen MR) is 97.5 cm³/mol. The second kappa shape index (κ2) is 7.18. The minimum Gasteiger partial charge on any atom is -0.495 e. The Bertz CT molecular complexity index is 904. The Morgan fingerprint density at radius 3 is 2.32 bits per heavy atom. The Morgan fingerprint density at radius 1 is 0.960 bits per heavy atom. The van der Waals surface area contributed by atoms with E-state index in [2.05, 4.69) is 5.32 Å². The molecule has 0 saturated heterocycles. The Balaban J connectivity index is 1.85. The number of amides is 1.